The number of amides is 1. The Morgan fingerprint density at radius 3 is 2.60 bits per heavy atom. The third kappa shape index (κ3) is 3.61. The van der Waals surface area contributed by atoms with Crippen molar-refractivity contribution in [2.24, 2.45) is 0 Å². The van der Waals surface area contributed by atoms with Crippen LogP contribution >= 0.6 is 0 Å². The van der Waals surface area contributed by atoms with Gasteiger partial charge in [0, 0.05) is 33.2 Å². The van der Waals surface area contributed by atoms with Crippen LogP contribution in [0.3, 0.4) is 0 Å². The predicted molar refractivity (Wildman–Crippen MR) is 76.9 cm³/mol. The Morgan fingerprint density at radius 2 is 2.05 bits per heavy atom. The molecule has 0 radical (unpaired) electrons. The summed E-state index contributed by atoms with van der Waals surface area (Å²) in [6.07, 6.45) is 2.08. The van der Waals surface area contributed by atoms with Crippen LogP contribution in [0, 0.1) is 6.92 Å². The molecule has 2 rings (SSSR count). The van der Waals surface area contributed by atoms with Gasteiger partial charge in [0.15, 0.2) is 0 Å². The molecule has 5 heteroatoms. The van der Waals surface area contributed by atoms with E-state index in [0.29, 0.717) is 17.9 Å². The SMILES string of the molecule is Cc1occc1C(=O)N(C)CCN1C[C@@H](C)O[C@@H](C)C1. The zero-order valence-corrected chi connectivity index (χ0v) is 12.8. The number of ether oxygens (including phenoxy) is 1. The van der Waals surface area contributed by atoms with Crippen LogP contribution in [-0.2, 0) is 4.74 Å². The van der Waals surface area contributed by atoms with Gasteiger partial charge >= 0.3 is 0 Å². The first-order chi connectivity index (χ1) is 9.47. The summed E-state index contributed by atoms with van der Waals surface area (Å²) in [6, 6.07) is 1.73. The van der Waals surface area contributed by atoms with E-state index in [4.69, 9.17) is 9.15 Å². The van der Waals surface area contributed by atoms with Crippen molar-refractivity contribution in [2.45, 2.75) is 33.0 Å². The topological polar surface area (TPSA) is 45.9 Å². The highest BCUT2D eigenvalue weighted by molar-refractivity contribution is 5.94. The summed E-state index contributed by atoms with van der Waals surface area (Å²) in [5.41, 5.74) is 0.649. The van der Waals surface area contributed by atoms with Gasteiger partial charge in [-0.2, -0.15) is 0 Å². The lowest BCUT2D eigenvalue weighted by molar-refractivity contribution is -0.0685. The fraction of sp³-hybridized carbons (Fsp3) is 0.667. The molecule has 0 N–H and O–H groups in total. The van der Waals surface area contributed by atoms with Crippen LogP contribution in [0.25, 0.3) is 0 Å². The maximum absolute atomic E-state index is 12.3. The van der Waals surface area contributed by atoms with Crippen molar-refractivity contribution >= 4 is 5.91 Å². The third-order valence-corrected chi connectivity index (χ3v) is 3.68. The van der Waals surface area contributed by atoms with Crippen LogP contribution in [0.1, 0.15) is 30.0 Å². The number of rotatable bonds is 4. The number of likely N-dealkylation sites (N-methyl/N-ethyl adjacent to an activating group) is 1. The van der Waals surface area contributed by atoms with Crippen molar-refractivity contribution < 1.29 is 13.9 Å². The lowest BCUT2D eigenvalue weighted by Gasteiger charge is -2.36. The molecule has 0 unspecified atom stereocenters. The molecule has 1 amide bonds. The maximum atomic E-state index is 12.3. The highest BCUT2D eigenvalue weighted by atomic mass is 16.5. The van der Waals surface area contributed by atoms with E-state index in [2.05, 4.69) is 18.7 Å². The first-order valence-electron chi connectivity index (χ1n) is 7.14. The molecule has 0 spiro atoms. The van der Waals surface area contributed by atoms with Crippen molar-refractivity contribution in [1.29, 1.82) is 0 Å². The molecule has 0 saturated carbocycles. The second-order valence-electron chi connectivity index (χ2n) is 5.63. The Bertz CT molecular complexity index is 448. The van der Waals surface area contributed by atoms with Gasteiger partial charge in [-0.1, -0.05) is 0 Å². The molecule has 1 aliphatic rings. The Labute approximate surface area is 120 Å². The fourth-order valence-electron chi connectivity index (χ4n) is 2.67. The number of hydrogen-bond donors (Lipinski definition) is 0. The molecule has 2 atom stereocenters. The molecule has 1 aromatic heterocycles. The number of nitrogens with zero attached hydrogens (tertiary/aromatic N) is 2. The van der Waals surface area contributed by atoms with Gasteiger partial charge in [-0.05, 0) is 26.8 Å². The minimum Gasteiger partial charge on any atom is -0.469 e. The first kappa shape index (κ1) is 15.1. The van der Waals surface area contributed by atoms with Crippen LogP contribution in [0.2, 0.25) is 0 Å². The monoisotopic (exact) mass is 280 g/mol. The molecule has 20 heavy (non-hydrogen) atoms. The molecule has 1 fully saturated rings. The molecule has 1 aromatic rings. The van der Waals surface area contributed by atoms with E-state index in [-0.39, 0.29) is 18.1 Å². The van der Waals surface area contributed by atoms with Crippen LogP contribution in [0.4, 0.5) is 0 Å². The number of hydrogen-bond acceptors (Lipinski definition) is 4. The zero-order chi connectivity index (χ0) is 14.7. The fourth-order valence-corrected chi connectivity index (χ4v) is 2.67. The molecule has 0 aromatic carbocycles. The average molecular weight is 280 g/mol. The molecular weight excluding hydrogens is 256 g/mol. The lowest BCUT2D eigenvalue weighted by atomic mass is 10.2. The molecule has 112 valence electrons. The van der Waals surface area contributed by atoms with Gasteiger partial charge in [-0.15, -0.1) is 0 Å². The Morgan fingerprint density at radius 1 is 1.40 bits per heavy atom. The van der Waals surface area contributed by atoms with E-state index in [0.717, 1.165) is 19.6 Å². The predicted octanol–water partition coefficient (Wildman–Crippen LogP) is 1.77. The van der Waals surface area contributed by atoms with Gasteiger partial charge in [0.25, 0.3) is 5.91 Å². The molecule has 1 saturated heterocycles. The van der Waals surface area contributed by atoms with Gasteiger partial charge in [0.1, 0.15) is 5.76 Å². The lowest BCUT2D eigenvalue weighted by Crippen LogP contribution is -2.48. The minimum atomic E-state index is 0.0191. The summed E-state index contributed by atoms with van der Waals surface area (Å²) < 4.78 is 10.9. The highest BCUT2D eigenvalue weighted by Gasteiger charge is 2.23. The smallest absolute Gasteiger partial charge is 0.257 e. The number of carbonyl (C=O) groups excluding carboxylic acids is 1. The van der Waals surface area contributed by atoms with Crippen LogP contribution in [0.15, 0.2) is 16.7 Å². The number of aryl methyl sites for hydroxylation is 1. The second kappa shape index (κ2) is 6.41. The zero-order valence-electron chi connectivity index (χ0n) is 12.8. The molecule has 0 aliphatic carbocycles. The van der Waals surface area contributed by atoms with Gasteiger partial charge < -0.3 is 14.1 Å². The summed E-state index contributed by atoms with van der Waals surface area (Å²) in [6.45, 7) is 9.43. The van der Waals surface area contributed by atoms with E-state index in [9.17, 15) is 4.79 Å². The van der Waals surface area contributed by atoms with Crippen LogP contribution in [0.5, 0.6) is 0 Å². The largest absolute Gasteiger partial charge is 0.469 e. The van der Waals surface area contributed by atoms with E-state index in [1.165, 1.54) is 0 Å². The van der Waals surface area contributed by atoms with Gasteiger partial charge in [-0.25, -0.2) is 0 Å². The Balaban J connectivity index is 1.84. The number of carbonyl (C=O) groups is 1. The van der Waals surface area contributed by atoms with Crippen molar-refractivity contribution in [3.63, 3.8) is 0 Å². The van der Waals surface area contributed by atoms with Crippen molar-refractivity contribution in [3.05, 3.63) is 23.7 Å². The summed E-state index contributed by atoms with van der Waals surface area (Å²) in [5, 5.41) is 0. The summed E-state index contributed by atoms with van der Waals surface area (Å²) in [5.74, 6) is 0.695. The summed E-state index contributed by atoms with van der Waals surface area (Å²) in [4.78, 5) is 16.4. The van der Waals surface area contributed by atoms with Gasteiger partial charge in [0.05, 0.1) is 24.0 Å². The second-order valence-corrected chi connectivity index (χ2v) is 5.63. The standard InChI is InChI=1S/C15H24N2O3/c1-11-9-17(10-12(2)20-11)7-6-16(4)15(18)14-5-8-19-13(14)3/h5,8,11-12H,6-7,9-10H2,1-4H3/t11-,12+. The van der Waals surface area contributed by atoms with Gasteiger partial charge in [-0.3, -0.25) is 9.69 Å². The maximum Gasteiger partial charge on any atom is 0.257 e. The van der Waals surface area contributed by atoms with Crippen molar-refractivity contribution in [2.75, 3.05) is 33.2 Å². The normalized spacial score (nSPS) is 23.8. The quantitative estimate of drug-likeness (QED) is 0.843. The van der Waals surface area contributed by atoms with E-state index in [1.807, 2.05) is 14.0 Å². The average Bonchev–Trinajstić information content (AvgIpc) is 2.80. The molecule has 0 bridgehead atoms. The van der Waals surface area contributed by atoms with Gasteiger partial charge in [0.2, 0.25) is 0 Å². The summed E-state index contributed by atoms with van der Waals surface area (Å²) in [7, 11) is 1.84. The highest BCUT2D eigenvalue weighted by Crippen LogP contribution is 2.13. The third-order valence-electron chi connectivity index (χ3n) is 3.68. The number of furan rings is 1. The first-order valence-corrected chi connectivity index (χ1v) is 7.14. The molecular formula is C15H24N2O3. The number of morpholine rings is 1. The molecule has 5 nitrogen and oxygen atoms in total. The molecule has 1 aliphatic heterocycles. The Hall–Kier alpha value is -1.33. The van der Waals surface area contributed by atoms with E-state index < -0.39 is 0 Å². The summed E-state index contributed by atoms with van der Waals surface area (Å²) >= 11 is 0. The van der Waals surface area contributed by atoms with Crippen LogP contribution < -0.4 is 0 Å². The molecule has 2 heterocycles. The Kier molecular flexibility index (Phi) is 4.83. The van der Waals surface area contributed by atoms with Crippen molar-refractivity contribution in [1.82, 2.24) is 9.80 Å². The minimum absolute atomic E-state index is 0.0191. The van der Waals surface area contributed by atoms with E-state index in [1.54, 1.807) is 17.2 Å². The van der Waals surface area contributed by atoms with Crippen molar-refractivity contribution in [3.8, 4) is 0 Å². The van der Waals surface area contributed by atoms with Crippen LogP contribution in [-0.4, -0.2) is 61.1 Å². The van der Waals surface area contributed by atoms with E-state index >= 15 is 0 Å².